The lowest BCUT2D eigenvalue weighted by atomic mass is 10.1. The first-order chi connectivity index (χ1) is 9.47. The number of ether oxygens (including phenoxy) is 2. The van der Waals surface area contributed by atoms with Crippen LogP contribution in [0, 0.1) is 0 Å². The van der Waals surface area contributed by atoms with Gasteiger partial charge in [0.15, 0.2) is 0 Å². The number of hydrogen-bond acceptors (Lipinski definition) is 5. The zero-order valence-electron chi connectivity index (χ0n) is 11.3. The highest BCUT2D eigenvalue weighted by molar-refractivity contribution is 5.80. The molecular weight excluding hydrogens is 266 g/mol. The molecule has 0 aliphatic carbocycles. The SMILES string of the molecule is COc1ccc(CNC(CC(=O)O)C(=O)O)c(OC)c1. The van der Waals surface area contributed by atoms with Gasteiger partial charge in [0.2, 0.25) is 0 Å². The van der Waals surface area contributed by atoms with Crippen LogP contribution in [0.15, 0.2) is 18.2 Å². The Hall–Kier alpha value is -2.28. The summed E-state index contributed by atoms with van der Waals surface area (Å²) in [5.41, 5.74) is 0.713. The van der Waals surface area contributed by atoms with Gasteiger partial charge in [-0.1, -0.05) is 6.07 Å². The average molecular weight is 283 g/mol. The third-order valence-electron chi connectivity index (χ3n) is 2.71. The first kappa shape index (κ1) is 15.8. The minimum atomic E-state index is -1.21. The molecule has 110 valence electrons. The Bertz CT molecular complexity index is 488. The molecule has 1 rings (SSSR count). The van der Waals surface area contributed by atoms with E-state index in [0.717, 1.165) is 0 Å². The van der Waals surface area contributed by atoms with Crippen molar-refractivity contribution in [3.05, 3.63) is 23.8 Å². The van der Waals surface area contributed by atoms with Gasteiger partial charge in [0, 0.05) is 18.2 Å². The van der Waals surface area contributed by atoms with E-state index in [0.29, 0.717) is 17.1 Å². The zero-order chi connectivity index (χ0) is 15.1. The van der Waals surface area contributed by atoms with Crippen LogP contribution < -0.4 is 14.8 Å². The molecule has 0 bridgehead atoms. The minimum absolute atomic E-state index is 0.178. The molecule has 0 aliphatic heterocycles. The molecule has 1 unspecified atom stereocenters. The number of hydrogen-bond donors (Lipinski definition) is 3. The predicted octanol–water partition coefficient (Wildman–Crippen LogP) is 0.721. The van der Waals surface area contributed by atoms with Gasteiger partial charge in [-0.05, 0) is 6.07 Å². The molecule has 0 fully saturated rings. The molecular formula is C13H17NO6. The molecule has 0 radical (unpaired) electrons. The van der Waals surface area contributed by atoms with Crippen molar-refractivity contribution in [1.29, 1.82) is 0 Å². The second-order valence-corrected chi connectivity index (χ2v) is 4.05. The molecule has 0 aliphatic rings. The fourth-order valence-electron chi connectivity index (χ4n) is 1.65. The average Bonchev–Trinajstić information content (AvgIpc) is 2.42. The third-order valence-corrected chi connectivity index (χ3v) is 2.71. The normalized spacial score (nSPS) is 11.7. The quantitative estimate of drug-likeness (QED) is 0.645. The molecule has 0 saturated carbocycles. The van der Waals surface area contributed by atoms with Crippen molar-refractivity contribution >= 4 is 11.9 Å². The molecule has 1 aromatic rings. The Morgan fingerprint density at radius 2 is 1.95 bits per heavy atom. The molecule has 0 spiro atoms. The summed E-state index contributed by atoms with van der Waals surface area (Å²) in [7, 11) is 3.02. The Morgan fingerprint density at radius 3 is 2.45 bits per heavy atom. The van der Waals surface area contributed by atoms with Crippen molar-refractivity contribution in [2.24, 2.45) is 0 Å². The summed E-state index contributed by atoms with van der Waals surface area (Å²) < 4.78 is 10.2. The van der Waals surface area contributed by atoms with Gasteiger partial charge in [-0.3, -0.25) is 14.9 Å². The number of nitrogens with one attached hydrogen (secondary N) is 1. The summed E-state index contributed by atoms with van der Waals surface area (Å²) in [6.07, 6.45) is -0.492. The summed E-state index contributed by atoms with van der Waals surface area (Å²) in [6.45, 7) is 0.178. The fourth-order valence-corrected chi connectivity index (χ4v) is 1.65. The van der Waals surface area contributed by atoms with Gasteiger partial charge in [-0.25, -0.2) is 0 Å². The van der Waals surface area contributed by atoms with Gasteiger partial charge >= 0.3 is 11.9 Å². The molecule has 0 aromatic heterocycles. The molecule has 3 N–H and O–H groups in total. The van der Waals surface area contributed by atoms with Crippen molar-refractivity contribution in [3.8, 4) is 11.5 Å². The van der Waals surface area contributed by atoms with Crippen LogP contribution in [0.5, 0.6) is 11.5 Å². The lowest BCUT2D eigenvalue weighted by Crippen LogP contribution is -2.38. The first-order valence-electron chi connectivity index (χ1n) is 5.86. The van der Waals surface area contributed by atoms with Gasteiger partial charge in [0.05, 0.1) is 20.6 Å². The molecule has 7 heteroatoms. The van der Waals surface area contributed by atoms with Crippen LogP contribution in [-0.2, 0) is 16.1 Å². The molecule has 7 nitrogen and oxygen atoms in total. The number of carboxylic acids is 2. The number of benzene rings is 1. The third kappa shape index (κ3) is 4.43. The summed E-state index contributed by atoms with van der Waals surface area (Å²) >= 11 is 0. The van der Waals surface area contributed by atoms with E-state index in [1.54, 1.807) is 18.2 Å². The highest BCUT2D eigenvalue weighted by atomic mass is 16.5. The summed E-state index contributed by atoms with van der Waals surface area (Å²) in [4.78, 5) is 21.5. The van der Waals surface area contributed by atoms with Crippen LogP contribution in [0.1, 0.15) is 12.0 Å². The van der Waals surface area contributed by atoms with E-state index in [1.807, 2.05) is 0 Å². The Morgan fingerprint density at radius 1 is 1.25 bits per heavy atom. The highest BCUT2D eigenvalue weighted by Crippen LogP contribution is 2.24. The first-order valence-corrected chi connectivity index (χ1v) is 5.86. The van der Waals surface area contributed by atoms with Crippen molar-refractivity contribution in [1.82, 2.24) is 5.32 Å². The standard InChI is InChI=1S/C13H17NO6/c1-19-9-4-3-8(11(5-9)20-2)7-14-10(13(17)18)6-12(15)16/h3-5,10,14H,6-7H2,1-2H3,(H,15,16)(H,17,18). The lowest BCUT2D eigenvalue weighted by Gasteiger charge is -2.15. The van der Waals surface area contributed by atoms with Gasteiger partial charge in [-0.2, -0.15) is 0 Å². The van der Waals surface area contributed by atoms with Crippen LogP contribution in [0.3, 0.4) is 0 Å². The van der Waals surface area contributed by atoms with Crippen LogP contribution in [0.25, 0.3) is 0 Å². The van der Waals surface area contributed by atoms with Gasteiger partial charge < -0.3 is 19.7 Å². The maximum Gasteiger partial charge on any atom is 0.321 e. The van der Waals surface area contributed by atoms with Gasteiger partial charge in [0.25, 0.3) is 0 Å². The summed E-state index contributed by atoms with van der Waals surface area (Å²) in [5.74, 6) is -1.23. The number of rotatable bonds is 8. The molecule has 1 aromatic carbocycles. The second-order valence-electron chi connectivity index (χ2n) is 4.05. The molecule has 1 atom stereocenters. The van der Waals surface area contributed by atoms with Crippen LogP contribution in [0.2, 0.25) is 0 Å². The smallest absolute Gasteiger partial charge is 0.321 e. The second kappa shape index (κ2) is 7.34. The number of aliphatic carboxylic acids is 2. The maximum absolute atomic E-state index is 10.9. The molecule has 0 heterocycles. The topological polar surface area (TPSA) is 105 Å². The number of carbonyl (C=O) groups is 2. The van der Waals surface area contributed by atoms with Crippen molar-refractivity contribution in [2.75, 3.05) is 14.2 Å². The van der Waals surface area contributed by atoms with Crippen LogP contribution in [0.4, 0.5) is 0 Å². The van der Waals surface area contributed by atoms with Gasteiger partial charge in [-0.15, -0.1) is 0 Å². The lowest BCUT2D eigenvalue weighted by molar-refractivity contribution is -0.146. The largest absolute Gasteiger partial charge is 0.497 e. The van der Waals surface area contributed by atoms with E-state index < -0.39 is 24.4 Å². The van der Waals surface area contributed by atoms with Crippen LogP contribution in [-0.4, -0.2) is 42.4 Å². The predicted molar refractivity (Wildman–Crippen MR) is 70.1 cm³/mol. The summed E-state index contributed by atoms with van der Waals surface area (Å²) in [5, 5.41) is 20.3. The maximum atomic E-state index is 10.9. The molecule has 0 amide bonds. The zero-order valence-corrected chi connectivity index (χ0v) is 11.3. The van der Waals surface area contributed by atoms with E-state index in [2.05, 4.69) is 5.32 Å². The number of carboxylic acid groups (broad SMARTS) is 2. The van der Waals surface area contributed by atoms with Crippen molar-refractivity contribution < 1.29 is 29.3 Å². The number of methoxy groups -OCH3 is 2. The minimum Gasteiger partial charge on any atom is -0.497 e. The van der Waals surface area contributed by atoms with Crippen LogP contribution >= 0.6 is 0 Å². The fraction of sp³-hybridized carbons (Fsp3) is 0.385. The molecule has 0 saturated heterocycles. The highest BCUT2D eigenvalue weighted by Gasteiger charge is 2.20. The van der Waals surface area contributed by atoms with Crippen molar-refractivity contribution in [3.63, 3.8) is 0 Å². The Kier molecular flexibility index (Phi) is 5.79. The van der Waals surface area contributed by atoms with Gasteiger partial charge in [0.1, 0.15) is 17.5 Å². The van der Waals surface area contributed by atoms with E-state index >= 15 is 0 Å². The summed E-state index contributed by atoms with van der Waals surface area (Å²) in [6, 6.07) is 3.96. The van der Waals surface area contributed by atoms with E-state index in [1.165, 1.54) is 14.2 Å². The Balaban J connectivity index is 2.77. The van der Waals surface area contributed by atoms with Crippen molar-refractivity contribution in [2.45, 2.75) is 19.0 Å². The Labute approximate surface area is 116 Å². The molecule has 20 heavy (non-hydrogen) atoms. The van der Waals surface area contributed by atoms with E-state index in [4.69, 9.17) is 19.7 Å². The van der Waals surface area contributed by atoms with E-state index in [-0.39, 0.29) is 6.54 Å². The monoisotopic (exact) mass is 283 g/mol. The van der Waals surface area contributed by atoms with E-state index in [9.17, 15) is 9.59 Å².